The van der Waals surface area contributed by atoms with E-state index in [1.807, 2.05) is 0 Å². The molecule has 0 fully saturated rings. The summed E-state index contributed by atoms with van der Waals surface area (Å²) in [6.45, 7) is 0. The Morgan fingerprint density at radius 3 is 1.60 bits per heavy atom. The summed E-state index contributed by atoms with van der Waals surface area (Å²) in [5, 5.41) is 13.9. The molecule has 0 aliphatic carbocycles. The zero-order chi connectivity index (χ0) is 3.58. The summed E-state index contributed by atoms with van der Waals surface area (Å²) in [6, 6.07) is 0. The second-order valence-corrected chi connectivity index (χ2v) is 0.283. The van der Waals surface area contributed by atoms with Gasteiger partial charge in [0.15, 0.2) is 0 Å². The van der Waals surface area contributed by atoms with E-state index >= 15 is 0 Å². The van der Waals surface area contributed by atoms with Crippen LogP contribution in [0.5, 0.6) is 0 Å². The van der Waals surface area contributed by atoms with Crippen LogP contribution < -0.4 is 29.6 Å². The molecular formula is CH4NaO3+3. The van der Waals surface area contributed by atoms with Crippen molar-refractivity contribution in [3.63, 3.8) is 0 Å². The molecule has 0 unspecified atom stereocenters. The fourth-order valence-corrected chi connectivity index (χ4v) is 0. The van der Waals surface area contributed by atoms with Gasteiger partial charge in [0.25, 0.3) is 0 Å². The van der Waals surface area contributed by atoms with E-state index in [0.29, 0.717) is 0 Å². The predicted molar refractivity (Wildman–Crippen MR) is 12.9 cm³/mol. The van der Waals surface area contributed by atoms with E-state index < -0.39 is 6.16 Å². The van der Waals surface area contributed by atoms with Crippen molar-refractivity contribution >= 4 is 6.16 Å². The van der Waals surface area contributed by atoms with Crippen molar-refractivity contribution < 1.29 is 47.4 Å². The maximum atomic E-state index is 8.56. The van der Waals surface area contributed by atoms with Crippen LogP contribution in [0.15, 0.2) is 0 Å². The SMILES string of the molecule is O=C(O)O.[H+].[H+].[Na+]. The summed E-state index contributed by atoms with van der Waals surface area (Å²) < 4.78 is 0. The average molecular weight is 87.0 g/mol. The van der Waals surface area contributed by atoms with Crippen molar-refractivity contribution in [2.75, 3.05) is 0 Å². The Hall–Kier alpha value is 0.270. The minimum atomic E-state index is -1.83. The van der Waals surface area contributed by atoms with Crippen molar-refractivity contribution in [2.24, 2.45) is 0 Å². The Balaban J connectivity index is -0.0000000150. The van der Waals surface area contributed by atoms with Crippen molar-refractivity contribution in [3.05, 3.63) is 0 Å². The third-order valence-corrected chi connectivity index (χ3v) is 0. The molecular weight excluding hydrogens is 83.0 g/mol. The maximum Gasteiger partial charge on any atom is 1.00 e. The van der Waals surface area contributed by atoms with Crippen LogP contribution in [-0.2, 0) is 0 Å². The molecule has 0 aromatic heterocycles. The van der Waals surface area contributed by atoms with E-state index in [1.54, 1.807) is 0 Å². The molecule has 0 saturated carbocycles. The molecule has 24 valence electrons. The number of carbonyl (C=O) groups is 1. The van der Waals surface area contributed by atoms with E-state index in [9.17, 15) is 0 Å². The zero-order valence-electron chi connectivity index (χ0n) is 4.80. The Labute approximate surface area is 53.9 Å². The van der Waals surface area contributed by atoms with E-state index in [2.05, 4.69) is 0 Å². The smallest absolute Gasteiger partial charge is 0.450 e. The van der Waals surface area contributed by atoms with Crippen LogP contribution in [0.1, 0.15) is 2.85 Å². The van der Waals surface area contributed by atoms with Crippen LogP contribution in [0.3, 0.4) is 0 Å². The first-order chi connectivity index (χ1) is 1.73. The number of hydrogen-bond acceptors (Lipinski definition) is 1. The van der Waals surface area contributed by atoms with Crippen LogP contribution in [0.25, 0.3) is 0 Å². The first kappa shape index (κ1) is 8.99. The van der Waals surface area contributed by atoms with Crippen molar-refractivity contribution in [1.29, 1.82) is 0 Å². The molecule has 0 radical (unpaired) electrons. The second kappa shape index (κ2) is 4.27. The van der Waals surface area contributed by atoms with Gasteiger partial charge in [-0.05, 0) is 0 Å². The van der Waals surface area contributed by atoms with E-state index in [0.717, 1.165) is 0 Å². The van der Waals surface area contributed by atoms with Crippen LogP contribution in [0.4, 0.5) is 4.79 Å². The van der Waals surface area contributed by atoms with Gasteiger partial charge in [-0.15, -0.1) is 0 Å². The molecule has 0 rings (SSSR count). The molecule has 3 nitrogen and oxygen atoms in total. The molecule has 0 heterocycles. The fraction of sp³-hybridized carbons (Fsp3) is 0. The van der Waals surface area contributed by atoms with E-state index in [1.165, 1.54) is 0 Å². The molecule has 0 saturated heterocycles. The average Bonchev–Trinajstić information content (AvgIpc) is 0.811. The number of rotatable bonds is 0. The number of carboxylic acid groups (broad SMARTS) is 2. The Bertz CT molecular complexity index is 35.9. The minimum absolute atomic E-state index is 0. The topological polar surface area (TPSA) is 57.5 Å². The molecule has 0 aromatic carbocycles. The molecule has 4 heteroatoms. The predicted octanol–water partition coefficient (Wildman–Crippen LogP) is -2.55. The van der Waals surface area contributed by atoms with Crippen molar-refractivity contribution in [2.45, 2.75) is 0 Å². The fourth-order valence-electron chi connectivity index (χ4n) is 0. The summed E-state index contributed by atoms with van der Waals surface area (Å²) in [5.74, 6) is 0. The van der Waals surface area contributed by atoms with Gasteiger partial charge in [0, 0.05) is 0 Å². The molecule has 0 aliphatic rings. The minimum Gasteiger partial charge on any atom is -0.450 e. The first-order valence-corrected chi connectivity index (χ1v) is 0.651. The second-order valence-electron chi connectivity index (χ2n) is 0.283. The third-order valence-electron chi connectivity index (χ3n) is 0. The van der Waals surface area contributed by atoms with Gasteiger partial charge in [-0.1, -0.05) is 0 Å². The van der Waals surface area contributed by atoms with E-state index in [-0.39, 0.29) is 32.4 Å². The molecule has 0 bridgehead atoms. The van der Waals surface area contributed by atoms with Crippen molar-refractivity contribution in [1.82, 2.24) is 0 Å². The summed E-state index contributed by atoms with van der Waals surface area (Å²) in [6.07, 6.45) is -1.83. The van der Waals surface area contributed by atoms with Gasteiger partial charge in [0.2, 0.25) is 0 Å². The largest absolute Gasteiger partial charge is 1.00 e. The van der Waals surface area contributed by atoms with Gasteiger partial charge in [0.05, 0.1) is 0 Å². The standard InChI is InChI=1S/CH2O3.Na/c2-1(3)4;/h(H2,2,3,4);/q;+1/p+2. The van der Waals surface area contributed by atoms with Gasteiger partial charge in [-0.25, -0.2) is 4.79 Å². The van der Waals surface area contributed by atoms with Gasteiger partial charge < -0.3 is 10.2 Å². The van der Waals surface area contributed by atoms with E-state index in [4.69, 9.17) is 15.0 Å². The zero-order valence-corrected chi connectivity index (χ0v) is 4.80. The van der Waals surface area contributed by atoms with Crippen LogP contribution >= 0.6 is 0 Å². The monoisotopic (exact) mass is 87.0 g/mol. The van der Waals surface area contributed by atoms with Gasteiger partial charge >= 0.3 is 38.6 Å². The van der Waals surface area contributed by atoms with Crippen LogP contribution in [0.2, 0.25) is 0 Å². The summed E-state index contributed by atoms with van der Waals surface area (Å²) in [4.78, 5) is 8.56. The molecule has 0 atom stereocenters. The summed E-state index contributed by atoms with van der Waals surface area (Å²) in [5.41, 5.74) is 0. The molecule has 0 spiro atoms. The van der Waals surface area contributed by atoms with Gasteiger partial charge in [-0.3, -0.25) is 0 Å². The Morgan fingerprint density at radius 2 is 1.60 bits per heavy atom. The molecule has 0 aliphatic heterocycles. The quantitative estimate of drug-likeness (QED) is 0.320. The maximum absolute atomic E-state index is 8.56. The molecule has 2 N–H and O–H groups in total. The Kier molecular flexibility index (Phi) is 7.67. The molecule has 0 amide bonds. The van der Waals surface area contributed by atoms with Crippen LogP contribution in [0, 0.1) is 0 Å². The molecule has 0 aromatic rings. The Morgan fingerprint density at radius 1 is 1.60 bits per heavy atom. The van der Waals surface area contributed by atoms with Crippen LogP contribution in [-0.4, -0.2) is 16.4 Å². The summed E-state index contributed by atoms with van der Waals surface area (Å²) in [7, 11) is 0. The normalized spacial score (nSPS) is 4.80. The molecule has 5 heavy (non-hydrogen) atoms. The third kappa shape index (κ3) is 302. The van der Waals surface area contributed by atoms with Crippen molar-refractivity contribution in [3.8, 4) is 0 Å². The summed E-state index contributed by atoms with van der Waals surface area (Å²) >= 11 is 0. The van der Waals surface area contributed by atoms with Gasteiger partial charge in [0.1, 0.15) is 0 Å². The number of hydrogen-bond donors (Lipinski definition) is 2. The van der Waals surface area contributed by atoms with Gasteiger partial charge in [-0.2, -0.15) is 0 Å². The first-order valence-electron chi connectivity index (χ1n) is 0.651.